The molecule has 0 bridgehead atoms. The predicted octanol–water partition coefficient (Wildman–Crippen LogP) is 2.73. The molecule has 0 radical (unpaired) electrons. The van der Waals surface area contributed by atoms with Crippen LogP contribution in [-0.2, 0) is 0 Å². The Balaban J connectivity index is 2.85. The first kappa shape index (κ1) is 10.7. The quantitative estimate of drug-likeness (QED) is 0.440. The molecule has 0 aliphatic heterocycles. The van der Waals surface area contributed by atoms with E-state index in [1.807, 2.05) is 7.05 Å². The van der Waals surface area contributed by atoms with E-state index >= 15 is 0 Å². The zero-order valence-corrected chi connectivity index (χ0v) is 7.95. The van der Waals surface area contributed by atoms with E-state index in [2.05, 4.69) is 18.8 Å². The van der Waals surface area contributed by atoms with Crippen molar-refractivity contribution in [3.05, 3.63) is 12.2 Å². The van der Waals surface area contributed by atoms with E-state index in [-0.39, 0.29) is 0 Å². The molecule has 0 atom stereocenters. The van der Waals surface area contributed by atoms with Gasteiger partial charge in [0.05, 0.1) is 0 Å². The molecule has 1 heteroatoms. The topological polar surface area (TPSA) is 12.0 Å². The summed E-state index contributed by atoms with van der Waals surface area (Å²) in [5, 5.41) is 3.15. The maximum absolute atomic E-state index is 3.88. The van der Waals surface area contributed by atoms with Crippen molar-refractivity contribution in [2.75, 3.05) is 13.6 Å². The Labute approximate surface area is 70.9 Å². The third-order valence-corrected chi connectivity index (χ3v) is 1.78. The lowest BCUT2D eigenvalue weighted by atomic mass is 10.1. The number of rotatable bonds is 7. The molecule has 0 aromatic heterocycles. The van der Waals surface area contributed by atoms with Crippen LogP contribution in [0.5, 0.6) is 0 Å². The number of unbranched alkanes of at least 4 members (excludes halogenated alkanes) is 3. The summed E-state index contributed by atoms with van der Waals surface area (Å²) < 4.78 is 0. The van der Waals surface area contributed by atoms with Gasteiger partial charge in [-0.15, -0.1) is 6.58 Å². The smallest absolute Gasteiger partial charge is 0.00519 e. The third kappa shape index (κ3) is 9.70. The number of hydrogen-bond acceptors (Lipinski definition) is 1. The first-order chi connectivity index (χ1) is 5.27. The second-order valence-corrected chi connectivity index (χ2v) is 3.22. The van der Waals surface area contributed by atoms with Crippen LogP contribution < -0.4 is 5.32 Å². The van der Waals surface area contributed by atoms with Crippen LogP contribution in [0.15, 0.2) is 12.2 Å². The molecule has 0 saturated heterocycles. The van der Waals surface area contributed by atoms with Crippen LogP contribution in [0.2, 0.25) is 0 Å². The van der Waals surface area contributed by atoms with E-state index < -0.39 is 0 Å². The second kappa shape index (κ2) is 7.80. The van der Waals surface area contributed by atoms with Gasteiger partial charge < -0.3 is 5.32 Å². The van der Waals surface area contributed by atoms with Crippen molar-refractivity contribution in [1.29, 1.82) is 0 Å². The maximum atomic E-state index is 3.88. The molecule has 0 heterocycles. The Kier molecular flexibility index (Phi) is 7.59. The minimum absolute atomic E-state index is 1.16. The van der Waals surface area contributed by atoms with Crippen molar-refractivity contribution in [2.45, 2.75) is 39.0 Å². The highest BCUT2D eigenvalue weighted by Gasteiger charge is 1.89. The number of nitrogens with one attached hydrogen (secondary N) is 1. The molecule has 0 aromatic carbocycles. The van der Waals surface area contributed by atoms with E-state index in [1.165, 1.54) is 37.7 Å². The Bertz CT molecular complexity index is 97.0. The average Bonchev–Trinajstić information content (AvgIpc) is 1.96. The molecule has 0 aliphatic rings. The van der Waals surface area contributed by atoms with Gasteiger partial charge in [0, 0.05) is 0 Å². The Morgan fingerprint density at radius 2 is 1.82 bits per heavy atom. The zero-order chi connectivity index (χ0) is 8.53. The zero-order valence-electron chi connectivity index (χ0n) is 7.95. The van der Waals surface area contributed by atoms with Crippen LogP contribution in [0.3, 0.4) is 0 Å². The average molecular weight is 155 g/mol. The summed E-state index contributed by atoms with van der Waals surface area (Å²) in [4.78, 5) is 0. The Hall–Kier alpha value is -0.300. The van der Waals surface area contributed by atoms with Crippen LogP contribution in [-0.4, -0.2) is 13.6 Å². The summed E-state index contributed by atoms with van der Waals surface area (Å²) in [5.74, 6) is 0. The SMILES string of the molecule is C=C(C)CCCCCCNC. The fourth-order valence-corrected chi connectivity index (χ4v) is 1.08. The summed E-state index contributed by atoms with van der Waals surface area (Å²) in [7, 11) is 2.01. The molecule has 0 rings (SSSR count). The lowest BCUT2D eigenvalue weighted by Crippen LogP contribution is -2.06. The van der Waals surface area contributed by atoms with Gasteiger partial charge in [-0.3, -0.25) is 0 Å². The van der Waals surface area contributed by atoms with Gasteiger partial charge in [0.2, 0.25) is 0 Å². The second-order valence-electron chi connectivity index (χ2n) is 3.22. The van der Waals surface area contributed by atoms with E-state index in [4.69, 9.17) is 0 Å². The Morgan fingerprint density at radius 3 is 2.36 bits per heavy atom. The van der Waals surface area contributed by atoms with Gasteiger partial charge in [-0.05, 0) is 39.8 Å². The minimum atomic E-state index is 1.16. The molecular formula is C10H21N. The molecule has 1 nitrogen and oxygen atoms in total. The highest BCUT2D eigenvalue weighted by molar-refractivity contribution is 4.86. The highest BCUT2D eigenvalue weighted by Crippen LogP contribution is 2.06. The lowest BCUT2D eigenvalue weighted by Gasteiger charge is -2.00. The molecule has 0 amide bonds. The molecule has 0 saturated carbocycles. The van der Waals surface area contributed by atoms with Crippen LogP contribution in [0, 0.1) is 0 Å². The maximum Gasteiger partial charge on any atom is -0.00519 e. The van der Waals surface area contributed by atoms with E-state index in [0.29, 0.717) is 0 Å². The van der Waals surface area contributed by atoms with Crippen molar-refractivity contribution in [2.24, 2.45) is 0 Å². The van der Waals surface area contributed by atoms with E-state index in [9.17, 15) is 0 Å². The molecule has 11 heavy (non-hydrogen) atoms. The minimum Gasteiger partial charge on any atom is -0.320 e. The van der Waals surface area contributed by atoms with Gasteiger partial charge in [-0.25, -0.2) is 0 Å². The Morgan fingerprint density at radius 1 is 1.18 bits per heavy atom. The predicted molar refractivity (Wildman–Crippen MR) is 51.8 cm³/mol. The van der Waals surface area contributed by atoms with Crippen molar-refractivity contribution >= 4 is 0 Å². The van der Waals surface area contributed by atoms with Gasteiger partial charge in [0.25, 0.3) is 0 Å². The molecule has 0 spiro atoms. The number of hydrogen-bond donors (Lipinski definition) is 1. The molecule has 0 aliphatic carbocycles. The fourth-order valence-electron chi connectivity index (χ4n) is 1.08. The van der Waals surface area contributed by atoms with Crippen molar-refractivity contribution in [1.82, 2.24) is 5.32 Å². The molecule has 1 N–H and O–H groups in total. The van der Waals surface area contributed by atoms with Crippen LogP contribution >= 0.6 is 0 Å². The molecule has 0 unspecified atom stereocenters. The standard InChI is InChI=1S/C10H21N/c1-10(2)8-6-4-5-7-9-11-3/h11H,1,4-9H2,2-3H3. The molecule has 0 fully saturated rings. The first-order valence-electron chi connectivity index (χ1n) is 4.56. The largest absolute Gasteiger partial charge is 0.320 e. The highest BCUT2D eigenvalue weighted by atomic mass is 14.8. The van der Waals surface area contributed by atoms with Crippen molar-refractivity contribution in [3.8, 4) is 0 Å². The van der Waals surface area contributed by atoms with Gasteiger partial charge in [0.15, 0.2) is 0 Å². The normalized spacial score (nSPS) is 10.0. The van der Waals surface area contributed by atoms with Crippen molar-refractivity contribution in [3.63, 3.8) is 0 Å². The van der Waals surface area contributed by atoms with E-state index in [0.717, 1.165) is 6.54 Å². The van der Waals surface area contributed by atoms with Gasteiger partial charge >= 0.3 is 0 Å². The third-order valence-electron chi connectivity index (χ3n) is 1.78. The number of allylic oxidation sites excluding steroid dienone is 1. The monoisotopic (exact) mass is 155 g/mol. The van der Waals surface area contributed by atoms with Crippen LogP contribution in [0.4, 0.5) is 0 Å². The summed E-state index contributed by atoms with van der Waals surface area (Å²) in [6.45, 7) is 7.14. The van der Waals surface area contributed by atoms with Gasteiger partial charge in [-0.2, -0.15) is 0 Å². The molecule has 0 aromatic rings. The lowest BCUT2D eigenvalue weighted by molar-refractivity contribution is 0.615. The summed E-state index contributed by atoms with van der Waals surface area (Å²) in [6, 6.07) is 0. The van der Waals surface area contributed by atoms with Crippen molar-refractivity contribution < 1.29 is 0 Å². The van der Waals surface area contributed by atoms with E-state index in [1.54, 1.807) is 0 Å². The van der Waals surface area contributed by atoms with Gasteiger partial charge in [0.1, 0.15) is 0 Å². The molecular weight excluding hydrogens is 134 g/mol. The summed E-state index contributed by atoms with van der Waals surface area (Å²) >= 11 is 0. The fraction of sp³-hybridized carbons (Fsp3) is 0.800. The molecule has 66 valence electrons. The summed E-state index contributed by atoms with van der Waals surface area (Å²) in [6.07, 6.45) is 6.55. The van der Waals surface area contributed by atoms with Crippen LogP contribution in [0.1, 0.15) is 39.0 Å². The van der Waals surface area contributed by atoms with Crippen LogP contribution in [0.25, 0.3) is 0 Å². The van der Waals surface area contributed by atoms with Gasteiger partial charge in [-0.1, -0.05) is 18.4 Å². The first-order valence-corrected chi connectivity index (χ1v) is 4.56. The summed E-state index contributed by atoms with van der Waals surface area (Å²) in [5.41, 5.74) is 1.32.